The van der Waals surface area contributed by atoms with Gasteiger partial charge in [0.2, 0.25) is 0 Å². The molecule has 0 unspecified atom stereocenters. The van der Waals surface area contributed by atoms with Gasteiger partial charge < -0.3 is 10.1 Å². The normalized spacial score (nSPS) is 12.1. The van der Waals surface area contributed by atoms with Gasteiger partial charge in [-0.3, -0.25) is 9.20 Å². The smallest absolute Gasteiger partial charge is 0.328 e. The predicted molar refractivity (Wildman–Crippen MR) is 96.8 cm³/mol. The first kappa shape index (κ1) is 17.2. The largest absolute Gasteiger partial charge is 0.467 e. The standard InChI is InChI=1S/C18H19N3O3S/c1-4-12-5-7-13(8-6-12)14-9-21-15(10-25-18(21)20-14)16(22)19-11(2)17(23)24-3/h5-11H,4H2,1-3H3,(H,19,22)/t11-/m1/s1. The summed E-state index contributed by atoms with van der Waals surface area (Å²) in [5.74, 6) is -0.823. The van der Waals surface area contributed by atoms with E-state index < -0.39 is 12.0 Å². The molecule has 130 valence electrons. The van der Waals surface area contributed by atoms with Gasteiger partial charge in [-0.1, -0.05) is 31.2 Å². The van der Waals surface area contributed by atoms with Crippen LogP contribution in [0.4, 0.5) is 0 Å². The highest BCUT2D eigenvalue weighted by Crippen LogP contribution is 2.24. The molecule has 2 aromatic heterocycles. The Morgan fingerprint density at radius 1 is 1.32 bits per heavy atom. The molecule has 0 radical (unpaired) electrons. The third kappa shape index (κ3) is 3.41. The maximum atomic E-state index is 12.4. The molecule has 0 saturated heterocycles. The lowest BCUT2D eigenvalue weighted by molar-refractivity contribution is -0.142. The van der Waals surface area contributed by atoms with E-state index in [1.165, 1.54) is 24.0 Å². The Hall–Kier alpha value is -2.67. The number of fused-ring (bicyclic) bond motifs is 1. The van der Waals surface area contributed by atoms with E-state index in [0.29, 0.717) is 5.69 Å². The molecule has 1 atom stereocenters. The van der Waals surface area contributed by atoms with Crippen molar-refractivity contribution >= 4 is 28.2 Å². The summed E-state index contributed by atoms with van der Waals surface area (Å²) in [5, 5.41) is 4.36. The van der Waals surface area contributed by atoms with E-state index in [-0.39, 0.29) is 5.91 Å². The second-order valence-corrected chi connectivity index (χ2v) is 6.51. The molecule has 1 aromatic carbocycles. The molecule has 0 spiro atoms. The zero-order valence-electron chi connectivity index (χ0n) is 14.3. The molecule has 7 heteroatoms. The number of hydrogen-bond donors (Lipinski definition) is 1. The summed E-state index contributed by atoms with van der Waals surface area (Å²) in [6.45, 7) is 3.70. The monoisotopic (exact) mass is 357 g/mol. The van der Waals surface area contributed by atoms with Crippen molar-refractivity contribution in [2.45, 2.75) is 26.3 Å². The molecule has 25 heavy (non-hydrogen) atoms. The molecule has 0 fully saturated rings. The van der Waals surface area contributed by atoms with Crippen molar-refractivity contribution in [3.05, 3.63) is 47.1 Å². The number of rotatable bonds is 5. The lowest BCUT2D eigenvalue weighted by Gasteiger charge is -2.10. The summed E-state index contributed by atoms with van der Waals surface area (Å²) in [5.41, 5.74) is 3.52. The quantitative estimate of drug-likeness (QED) is 0.713. The SMILES string of the molecule is CCc1ccc(-c2cn3c(C(=O)N[C@H](C)C(=O)OC)csc3n2)cc1. The molecule has 1 amide bonds. The van der Waals surface area contributed by atoms with Gasteiger partial charge in [-0.15, -0.1) is 11.3 Å². The topological polar surface area (TPSA) is 72.7 Å². The highest BCUT2D eigenvalue weighted by atomic mass is 32.1. The van der Waals surface area contributed by atoms with E-state index >= 15 is 0 Å². The average Bonchev–Trinajstić information content (AvgIpc) is 3.21. The number of aromatic nitrogens is 2. The Morgan fingerprint density at radius 2 is 2.04 bits per heavy atom. The summed E-state index contributed by atoms with van der Waals surface area (Å²) in [7, 11) is 1.29. The molecular weight excluding hydrogens is 338 g/mol. The van der Waals surface area contributed by atoms with Gasteiger partial charge in [0, 0.05) is 17.1 Å². The zero-order chi connectivity index (χ0) is 18.0. The van der Waals surface area contributed by atoms with Crippen molar-refractivity contribution in [2.24, 2.45) is 0 Å². The van der Waals surface area contributed by atoms with Crippen LogP contribution in [0.3, 0.4) is 0 Å². The Labute approximate surface area is 149 Å². The number of nitrogens with one attached hydrogen (secondary N) is 1. The van der Waals surface area contributed by atoms with E-state index in [0.717, 1.165) is 22.6 Å². The van der Waals surface area contributed by atoms with Crippen LogP contribution in [0.5, 0.6) is 0 Å². The fourth-order valence-electron chi connectivity index (χ4n) is 2.50. The van der Waals surface area contributed by atoms with Gasteiger partial charge in [0.1, 0.15) is 11.7 Å². The van der Waals surface area contributed by atoms with Crippen LogP contribution in [-0.2, 0) is 16.0 Å². The number of methoxy groups -OCH3 is 1. The molecule has 0 bridgehead atoms. The van der Waals surface area contributed by atoms with E-state index in [1.54, 1.807) is 16.7 Å². The number of esters is 1. The summed E-state index contributed by atoms with van der Waals surface area (Å²) in [4.78, 5) is 29.2. The number of aryl methyl sites for hydroxylation is 1. The van der Waals surface area contributed by atoms with Crippen LogP contribution in [0, 0.1) is 0 Å². The number of hydrogen-bond acceptors (Lipinski definition) is 5. The van der Waals surface area contributed by atoms with Crippen molar-refractivity contribution in [2.75, 3.05) is 7.11 Å². The van der Waals surface area contributed by atoms with Crippen LogP contribution in [-0.4, -0.2) is 34.4 Å². The second kappa shape index (κ2) is 7.06. The molecule has 6 nitrogen and oxygen atoms in total. The maximum absolute atomic E-state index is 12.4. The van der Waals surface area contributed by atoms with Crippen molar-refractivity contribution in [3.8, 4) is 11.3 Å². The minimum Gasteiger partial charge on any atom is -0.467 e. The number of imidazole rings is 1. The molecule has 0 saturated carbocycles. The van der Waals surface area contributed by atoms with Gasteiger partial charge in [-0.05, 0) is 18.9 Å². The van der Waals surface area contributed by atoms with E-state index in [9.17, 15) is 9.59 Å². The van der Waals surface area contributed by atoms with Gasteiger partial charge in [0.25, 0.3) is 5.91 Å². The number of carbonyl (C=O) groups excluding carboxylic acids is 2. The molecule has 3 aromatic rings. The fraction of sp³-hybridized carbons (Fsp3) is 0.278. The highest BCUT2D eigenvalue weighted by Gasteiger charge is 2.20. The first-order chi connectivity index (χ1) is 12.0. The highest BCUT2D eigenvalue weighted by molar-refractivity contribution is 7.15. The van der Waals surface area contributed by atoms with Gasteiger partial charge >= 0.3 is 5.97 Å². The van der Waals surface area contributed by atoms with Crippen molar-refractivity contribution < 1.29 is 14.3 Å². The maximum Gasteiger partial charge on any atom is 0.328 e. The van der Waals surface area contributed by atoms with Crippen LogP contribution in [0.15, 0.2) is 35.8 Å². The van der Waals surface area contributed by atoms with Gasteiger partial charge in [0.05, 0.1) is 12.8 Å². The first-order valence-corrected chi connectivity index (χ1v) is 8.86. The zero-order valence-corrected chi connectivity index (χ0v) is 15.1. The number of amides is 1. The number of ether oxygens (including phenoxy) is 1. The summed E-state index contributed by atoms with van der Waals surface area (Å²) in [6.07, 6.45) is 2.83. The van der Waals surface area contributed by atoms with E-state index in [1.807, 2.05) is 18.3 Å². The van der Waals surface area contributed by atoms with Crippen molar-refractivity contribution in [3.63, 3.8) is 0 Å². The second-order valence-electron chi connectivity index (χ2n) is 5.67. The molecule has 1 N–H and O–H groups in total. The van der Waals surface area contributed by atoms with Crippen molar-refractivity contribution in [1.29, 1.82) is 0 Å². The van der Waals surface area contributed by atoms with Crippen LogP contribution in [0.25, 0.3) is 16.2 Å². The molecule has 0 aliphatic carbocycles. The lowest BCUT2D eigenvalue weighted by atomic mass is 10.1. The molecule has 0 aliphatic rings. The fourth-order valence-corrected chi connectivity index (χ4v) is 3.36. The summed E-state index contributed by atoms with van der Waals surface area (Å²) in [6, 6.07) is 7.51. The van der Waals surface area contributed by atoms with E-state index in [4.69, 9.17) is 0 Å². The van der Waals surface area contributed by atoms with Crippen molar-refractivity contribution in [1.82, 2.24) is 14.7 Å². The summed E-state index contributed by atoms with van der Waals surface area (Å²) < 4.78 is 6.37. The third-order valence-corrected chi connectivity index (χ3v) is 4.84. The van der Waals surface area contributed by atoms with Gasteiger partial charge in [-0.25, -0.2) is 9.78 Å². The van der Waals surface area contributed by atoms with Crippen LogP contribution in [0.2, 0.25) is 0 Å². The minimum atomic E-state index is -0.711. The number of thiazole rings is 1. The van der Waals surface area contributed by atoms with Crippen LogP contribution >= 0.6 is 11.3 Å². The predicted octanol–water partition coefficient (Wildman–Crippen LogP) is 2.92. The number of carbonyl (C=O) groups is 2. The van der Waals surface area contributed by atoms with Gasteiger partial charge in [-0.2, -0.15) is 0 Å². The van der Waals surface area contributed by atoms with E-state index in [2.05, 4.69) is 34.1 Å². The van der Waals surface area contributed by atoms with Gasteiger partial charge in [0.15, 0.2) is 4.96 Å². The molecule has 0 aliphatic heterocycles. The average molecular weight is 357 g/mol. The van der Waals surface area contributed by atoms with Crippen LogP contribution < -0.4 is 5.32 Å². The number of nitrogens with zero attached hydrogens (tertiary/aromatic N) is 2. The summed E-state index contributed by atoms with van der Waals surface area (Å²) >= 11 is 1.38. The Morgan fingerprint density at radius 3 is 2.68 bits per heavy atom. The Bertz CT molecular complexity index is 911. The number of benzene rings is 1. The molecule has 3 rings (SSSR count). The molecular formula is C18H19N3O3S. The Kier molecular flexibility index (Phi) is 4.85. The Balaban J connectivity index is 1.87. The lowest BCUT2D eigenvalue weighted by Crippen LogP contribution is -2.39. The first-order valence-electron chi connectivity index (χ1n) is 7.98. The third-order valence-electron chi connectivity index (χ3n) is 4.00. The molecule has 2 heterocycles. The van der Waals surface area contributed by atoms with Crippen LogP contribution in [0.1, 0.15) is 29.9 Å². The minimum absolute atomic E-state index is 0.338.